The molecule has 3 rings (SSSR count). The Labute approximate surface area is 135 Å². The molecule has 0 saturated carbocycles. The van der Waals surface area contributed by atoms with Crippen LogP contribution in [0, 0.1) is 0 Å². The molecule has 1 aliphatic rings. The first-order valence-corrected chi connectivity index (χ1v) is 8.14. The highest BCUT2D eigenvalue weighted by Gasteiger charge is 2.39. The maximum Gasteiger partial charge on any atom is 0.175 e. The van der Waals surface area contributed by atoms with E-state index in [2.05, 4.69) is 37.3 Å². The van der Waals surface area contributed by atoms with Crippen molar-refractivity contribution in [3.63, 3.8) is 0 Å². The molecular formula is C18H20O3S. The van der Waals surface area contributed by atoms with Gasteiger partial charge < -0.3 is 14.2 Å². The van der Waals surface area contributed by atoms with Gasteiger partial charge in [0.15, 0.2) is 11.5 Å². The molecule has 4 heteroatoms. The Kier molecular flexibility index (Phi) is 4.06. The molecule has 2 aromatic rings. The molecule has 0 spiro atoms. The van der Waals surface area contributed by atoms with Gasteiger partial charge in [0.25, 0.3) is 0 Å². The van der Waals surface area contributed by atoms with Gasteiger partial charge >= 0.3 is 0 Å². The van der Waals surface area contributed by atoms with E-state index in [0.717, 1.165) is 22.0 Å². The summed E-state index contributed by atoms with van der Waals surface area (Å²) in [7, 11) is 3.34. The summed E-state index contributed by atoms with van der Waals surface area (Å²) in [5.74, 6) is 1.51. The molecule has 0 N–H and O–H groups in total. The van der Waals surface area contributed by atoms with Crippen LogP contribution in [0.25, 0.3) is 0 Å². The second-order valence-electron chi connectivity index (χ2n) is 5.24. The van der Waals surface area contributed by atoms with Gasteiger partial charge in [-0.1, -0.05) is 36.0 Å². The van der Waals surface area contributed by atoms with Crippen molar-refractivity contribution >= 4 is 11.8 Å². The van der Waals surface area contributed by atoms with E-state index in [0.29, 0.717) is 6.61 Å². The number of ether oxygens (including phenoxy) is 3. The normalized spacial score (nSPS) is 19.3. The lowest BCUT2D eigenvalue weighted by molar-refractivity contribution is -0.00102. The average Bonchev–Trinajstić information content (AvgIpc) is 2.54. The third-order valence-electron chi connectivity index (χ3n) is 4.06. The fourth-order valence-electron chi connectivity index (χ4n) is 3.02. The first kappa shape index (κ1) is 15.3. The lowest BCUT2D eigenvalue weighted by atomic mass is 9.87. The van der Waals surface area contributed by atoms with Gasteiger partial charge in [-0.3, -0.25) is 0 Å². The van der Waals surface area contributed by atoms with Crippen LogP contribution in [-0.4, -0.2) is 20.8 Å². The summed E-state index contributed by atoms with van der Waals surface area (Å²) in [5.41, 5.74) is 1.84. The minimum absolute atomic E-state index is 0.481. The van der Waals surface area contributed by atoms with Gasteiger partial charge in [-0.15, -0.1) is 0 Å². The van der Waals surface area contributed by atoms with Crippen LogP contribution in [0.5, 0.6) is 11.5 Å². The van der Waals surface area contributed by atoms with E-state index in [9.17, 15) is 0 Å². The van der Waals surface area contributed by atoms with E-state index in [1.807, 2.05) is 13.0 Å². The standard InChI is InChI=1S/C18H20O3S/c1-5-21-18(2)12-8-6-7-9-15(12)22-17-13(18)10-11-14(19-3)16(17)20-4/h6-11H,5H2,1-4H3. The van der Waals surface area contributed by atoms with Gasteiger partial charge in [0.2, 0.25) is 0 Å². The van der Waals surface area contributed by atoms with Crippen LogP contribution in [0.4, 0.5) is 0 Å². The monoisotopic (exact) mass is 316 g/mol. The van der Waals surface area contributed by atoms with Crippen molar-refractivity contribution in [3.05, 3.63) is 47.5 Å². The quantitative estimate of drug-likeness (QED) is 0.832. The van der Waals surface area contributed by atoms with Gasteiger partial charge in [-0.25, -0.2) is 0 Å². The van der Waals surface area contributed by atoms with E-state index in [4.69, 9.17) is 14.2 Å². The first-order chi connectivity index (χ1) is 10.7. The van der Waals surface area contributed by atoms with Gasteiger partial charge in [0.05, 0.1) is 19.1 Å². The molecule has 0 aromatic heterocycles. The van der Waals surface area contributed by atoms with Crippen LogP contribution in [0.3, 0.4) is 0 Å². The molecule has 22 heavy (non-hydrogen) atoms. The van der Waals surface area contributed by atoms with Crippen molar-refractivity contribution in [2.45, 2.75) is 29.2 Å². The van der Waals surface area contributed by atoms with Crippen LogP contribution in [0.2, 0.25) is 0 Å². The maximum absolute atomic E-state index is 6.19. The molecule has 0 fully saturated rings. The van der Waals surface area contributed by atoms with E-state index < -0.39 is 5.60 Å². The third-order valence-corrected chi connectivity index (χ3v) is 5.25. The summed E-state index contributed by atoms with van der Waals surface area (Å²) in [6.45, 7) is 4.79. The van der Waals surface area contributed by atoms with Crippen LogP contribution in [0.1, 0.15) is 25.0 Å². The average molecular weight is 316 g/mol. The van der Waals surface area contributed by atoms with E-state index in [-0.39, 0.29) is 0 Å². The molecule has 0 radical (unpaired) electrons. The minimum atomic E-state index is -0.481. The Morgan fingerprint density at radius 1 is 1.00 bits per heavy atom. The molecule has 0 saturated heterocycles. The predicted octanol–water partition coefficient (Wildman–Crippen LogP) is 4.47. The predicted molar refractivity (Wildman–Crippen MR) is 88.2 cm³/mol. The molecule has 0 bridgehead atoms. The second-order valence-corrected chi connectivity index (χ2v) is 6.29. The van der Waals surface area contributed by atoms with Gasteiger partial charge in [-0.05, 0) is 26.0 Å². The lowest BCUT2D eigenvalue weighted by Gasteiger charge is -2.37. The minimum Gasteiger partial charge on any atom is -0.493 e. The van der Waals surface area contributed by atoms with Crippen molar-refractivity contribution in [1.29, 1.82) is 0 Å². The molecule has 116 valence electrons. The van der Waals surface area contributed by atoms with Crippen molar-refractivity contribution in [1.82, 2.24) is 0 Å². The largest absolute Gasteiger partial charge is 0.493 e. The summed E-state index contributed by atoms with van der Waals surface area (Å²) < 4.78 is 17.2. The molecule has 1 aliphatic heterocycles. The number of rotatable bonds is 4. The van der Waals surface area contributed by atoms with E-state index in [1.54, 1.807) is 26.0 Å². The third kappa shape index (κ3) is 2.18. The van der Waals surface area contributed by atoms with Crippen molar-refractivity contribution in [3.8, 4) is 11.5 Å². The maximum atomic E-state index is 6.19. The van der Waals surface area contributed by atoms with Crippen molar-refractivity contribution in [2.75, 3.05) is 20.8 Å². The highest BCUT2D eigenvalue weighted by Crippen LogP contribution is 2.54. The second kappa shape index (κ2) is 5.86. The fraction of sp³-hybridized carbons (Fsp3) is 0.333. The smallest absolute Gasteiger partial charge is 0.175 e. The summed E-state index contributed by atoms with van der Waals surface area (Å²) >= 11 is 1.71. The highest BCUT2D eigenvalue weighted by molar-refractivity contribution is 7.99. The molecule has 1 atom stereocenters. The van der Waals surface area contributed by atoms with Gasteiger partial charge in [0.1, 0.15) is 5.60 Å². The summed E-state index contributed by atoms with van der Waals surface area (Å²) in [6.07, 6.45) is 0. The molecule has 2 aromatic carbocycles. The summed E-state index contributed by atoms with van der Waals surface area (Å²) in [4.78, 5) is 2.26. The Morgan fingerprint density at radius 2 is 1.77 bits per heavy atom. The van der Waals surface area contributed by atoms with Crippen LogP contribution in [-0.2, 0) is 10.3 Å². The number of fused-ring (bicyclic) bond motifs is 2. The molecule has 3 nitrogen and oxygen atoms in total. The topological polar surface area (TPSA) is 27.7 Å². The number of benzene rings is 2. The molecular weight excluding hydrogens is 296 g/mol. The van der Waals surface area contributed by atoms with Crippen LogP contribution >= 0.6 is 11.8 Å². The van der Waals surface area contributed by atoms with E-state index >= 15 is 0 Å². The summed E-state index contributed by atoms with van der Waals surface area (Å²) in [5, 5.41) is 0. The number of hydrogen-bond donors (Lipinski definition) is 0. The highest BCUT2D eigenvalue weighted by atomic mass is 32.2. The number of hydrogen-bond acceptors (Lipinski definition) is 4. The molecule has 1 unspecified atom stereocenters. The molecule has 1 heterocycles. The van der Waals surface area contributed by atoms with Gasteiger partial charge in [0, 0.05) is 22.6 Å². The SMILES string of the molecule is CCOC1(C)c2ccccc2Sc2c1ccc(OC)c2OC. The number of methoxy groups -OCH3 is 2. The zero-order valence-corrected chi connectivity index (χ0v) is 14.1. The lowest BCUT2D eigenvalue weighted by Crippen LogP contribution is -2.31. The summed E-state index contributed by atoms with van der Waals surface area (Å²) in [6, 6.07) is 12.4. The zero-order chi connectivity index (χ0) is 15.7. The molecule has 0 aliphatic carbocycles. The zero-order valence-electron chi connectivity index (χ0n) is 13.3. The Balaban J connectivity index is 2.27. The Hall–Kier alpha value is -1.65. The van der Waals surface area contributed by atoms with Crippen molar-refractivity contribution < 1.29 is 14.2 Å². The fourth-order valence-corrected chi connectivity index (χ4v) is 4.41. The Bertz CT molecular complexity index is 699. The van der Waals surface area contributed by atoms with Crippen molar-refractivity contribution in [2.24, 2.45) is 0 Å². The van der Waals surface area contributed by atoms with Crippen LogP contribution < -0.4 is 9.47 Å². The van der Waals surface area contributed by atoms with Gasteiger partial charge in [-0.2, -0.15) is 0 Å². The Morgan fingerprint density at radius 3 is 2.45 bits per heavy atom. The first-order valence-electron chi connectivity index (χ1n) is 7.32. The molecule has 0 amide bonds. The van der Waals surface area contributed by atoms with Crippen LogP contribution in [0.15, 0.2) is 46.2 Å². The van der Waals surface area contributed by atoms with E-state index in [1.165, 1.54) is 10.5 Å².